The third-order valence-corrected chi connectivity index (χ3v) is 3.92. The Hall–Kier alpha value is 0.982. The van der Waals surface area contributed by atoms with Crippen molar-refractivity contribution in [3.8, 4) is 5.75 Å². The van der Waals surface area contributed by atoms with Gasteiger partial charge in [0.15, 0.2) is 0 Å². The van der Waals surface area contributed by atoms with Crippen LogP contribution in [-0.4, -0.2) is 19.6 Å². The minimum absolute atomic E-state index is 0. The van der Waals surface area contributed by atoms with Crippen LogP contribution in [0.5, 0.6) is 5.75 Å². The summed E-state index contributed by atoms with van der Waals surface area (Å²) in [6.07, 6.45) is 4.93. The molecule has 18 heavy (non-hydrogen) atoms. The summed E-state index contributed by atoms with van der Waals surface area (Å²) >= 11 is 0. The van der Waals surface area contributed by atoms with Crippen LogP contribution in [0.1, 0.15) is 25.7 Å². The van der Waals surface area contributed by atoms with Crippen molar-refractivity contribution in [3.63, 3.8) is 0 Å². The van der Waals surface area contributed by atoms with Crippen molar-refractivity contribution in [3.05, 3.63) is 24.3 Å². The first-order valence-electron chi connectivity index (χ1n) is 5.74. The molecule has 6 heteroatoms. The molecule has 0 N–H and O–H groups in total. The Morgan fingerprint density at radius 1 is 1.17 bits per heavy atom. The number of hydrogen-bond acceptors (Lipinski definition) is 4. The summed E-state index contributed by atoms with van der Waals surface area (Å²) in [5.74, 6) is 1.22. The van der Waals surface area contributed by atoms with Crippen molar-refractivity contribution in [1.29, 1.82) is 0 Å². The smallest absolute Gasteiger partial charge is 0.744 e. The average molecular weight is 388 g/mol. The van der Waals surface area contributed by atoms with E-state index >= 15 is 0 Å². The SMILES string of the molecule is O=S(=O)([O-])c1ccc(OCC2CCCC2)cc1.[Cs+]. The maximum Gasteiger partial charge on any atom is 1.00 e. The zero-order valence-corrected chi connectivity index (χ0v) is 17.6. The van der Waals surface area contributed by atoms with Gasteiger partial charge in [0.05, 0.1) is 11.5 Å². The number of ether oxygens (including phenoxy) is 1. The van der Waals surface area contributed by atoms with Gasteiger partial charge < -0.3 is 9.29 Å². The van der Waals surface area contributed by atoms with E-state index in [0.717, 1.165) is 0 Å². The van der Waals surface area contributed by atoms with Crippen LogP contribution in [0.3, 0.4) is 0 Å². The molecule has 2 rings (SSSR count). The summed E-state index contributed by atoms with van der Waals surface area (Å²) in [6.45, 7) is 0.670. The molecule has 0 amide bonds. The average Bonchev–Trinajstić information content (AvgIpc) is 2.78. The van der Waals surface area contributed by atoms with Crippen LogP contribution in [0.4, 0.5) is 0 Å². The number of hydrogen-bond donors (Lipinski definition) is 0. The first kappa shape index (κ1) is 17.0. The molecule has 1 aliphatic carbocycles. The molecule has 0 aliphatic heterocycles. The zero-order chi connectivity index (χ0) is 12.3. The van der Waals surface area contributed by atoms with Crippen LogP contribution >= 0.6 is 0 Å². The van der Waals surface area contributed by atoms with Gasteiger partial charge in [0.2, 0.25) is 0 Å². The predicted molar refractivity (Wildman–Crippen MR) is 61.9 cm³/mol. The monoisotopic (exact) mass is 388 g/mol. The normalized spacial score (nSPS) is 16.3. The standard InChI is InChI=1S/C12H16O4S.Cs/c13-17(14,15)12-7-5-11(6-8-12)16-9-10-3-1-2-4-10;/h5-8,10H,1-4,9H2,(H,13,14,15);/q;+1/p-1. The largest absolute Gasteiger partial charge is 1.00 e. The second-order valence-corrected chi connectivity index (χ2v) is 5.77. The van der Waals surface area contributed by atoms with Crippen molar-refractivity contribution >= 4 is 10.1 Å². The van der Waals surface area contributed by atoms with Crippen molar-refractivity contribution in [2.24, 2.45) is 5.92 Å². The molecule has 0 spiro atoms. The van der Waals surface area contributed by atoms with E-state index in [1.807, 2.05) is 0 Å². The Morgan fingerprint density at radius 2 is 1.72 bits per heavy atom. The van der Waals surface area contributed by atoms with E-state index in [9.17, 15) is 13.0 Å². The van der Waals surface area contributed by atoms with Gasteiger partial charge in [-0.1, -0.05) is 12.8 Å². The van der Waals surface area contributed by atoms with Gasteiger partial charge in [-0.15, -0.1) is 0 Å². The van der Waals surface area contributed by atoms with E-state index in [-0.39, 0.29) is 73.8 Å². The number of rotatable bonds is 4. The second kappa shape index (κ2) is 7.68. The summed E-state index contributed by atoms with van der Waals surface area (Å²) in [6, 6.07) is 5.62. The van der Waals surface area contributed by atoms with Crippen LogP contribution in [0, 0.1) is 5.92 Å². The van der Waals surface area contributed by atoms with Crippen molar-refractivity contribution in [1.82, 2.24) is 0 Å². The molecule has 1 aliphatic rings. The van der Waals surface area contributed by atoms with Gasteiger partial charge in [0.25, 0.3) is 0 Å². The molecule has 1 aromatic carbocycles. The zero-order valence-electron chi connectivity index (χ0n) is 10.5. The summed E-state index contributed by atoms with van der Waals surface area (Å²) in [5.41, 5.74) is 0. The fraction of sp³-hybridized carbons (Fsp3) is 0.500. The molecule has 4 nitrogen and oxygen atoms in total. The third-order valence-electron chi connectivity index (χ3n) is 3.07. The molecular weight excluding hydrogens is 373 g/mol. The molecular formula is C12H15CsO4S. The van der Waals surface area contributed by atoms with E-state index < -0.39 is 10.1 Å². The van der Waals surface area contributed by atoms with Gasteiger partial charge in [-0.25, -0.2) is 8.42 Å². The second-order valence-electron chi connectivity index (χ2n) is 4.39. The Kier molecular flexibility index (Phi) is 7.27. The Morgan fingerprint density at radius 3 is 2.22 bits per heavy atom. The number of benzene rings is 1. The molecule has 0 heterocycles. The van der Waals surface area contributed by atoms with Gasteiger partial charge in [-0.3, -0.25) is 0 Å². The summed E-state index contributed by atoms with van der Waals surface area (Å²) in [5, 5.41) is 0. The summed E-state index contributed by atoms with van der Waals surface area (Å²) in [4.78, 5) is -0.217. The van der Waals surface area contributed by atoms with Gasteiger partial charge in [0.1, 0.15) is 15.9 Å². The fourth-order valence-electron chi connectivity index (χ4n) is 2.09. The molecule has 1 aromatic rings. The van der Waals surface area contributed by atoms with Crippen LogP contribution in [0.25, 0.3) is 0 Å². The van der Waals surface area contributed by atoms with Crippen molar-refractivity contribution < 1.29 is 86.6 Å². The van der Waals surface area contributed by atoms with Crippen LogP contribution in [-0.2, 0) is 10.1 Å². The van der Waals surface area contributed by atoms with Crippen molar-refractivity contribution in [2.45, 2.75) is 30.6 Å². The summed E-state index contributed by atoms with van der Waals surface area (Å²) in [7, 11) is -4.36. The third kappa shape index (κ3) is 5.16. The Bertz CT molecular complexity index is 463. The first-order chi connectivity index (χ1) is 8.05. The van der Waals surface area contributed by atoms with Gasteiger partial charge in [-0.2, -0.15) is 0 Å². The first-order valence-corrected chi connectivity index (χ1v) is 7.15. The minimum Gasteiger partial charge on any atom is -0.744 e. The Balaban J connectivity index is 0.00000162. The van der Waals surface area contributed by atoms with E-state index in [1.165, 1.54) is 49.9 Å². The predicted octanol–water partition coefficient (Wildman–Crippen LogP) is -0.836. The van der Waals surface area contributed by atoms with Gasteiger partial charge >= 0.3 is 68.9 Å². The van der Waals surface area contributed by atoms with Crippen LogP contribution in [0.15, 0.2) is 29.2 Å². The van der Waals surface area contributed by atoms with Gasteiger partial charge in [-0.05, 0) is 43.0 Å². The quantitative estimate of drug-likeness (QED) is 0.632. The summed E-state index contributed by atoms with van der Waals surface area (Å²) < 4.78 is 37.7. The fourth-order valence-corrected chi connectivity index (χ4v) is 2.56. The van der Waals surface area contributed by atoms with Crippen molar-refractivity contribution in [2.75, 3.05) is 6.61 Å². The van der Waals surface area contributed by atoms with Crippen LogP contribution in [0.2, 0.25) is 0 Å². The topological polar surface area (TPSA) is 66.4 Å². The Labute approximate surface area is 167 Å². The molecule has 0 unspecified atom stereocenters. The maximum atomic E-state index is 10.7. The van der Waals surface area contributed by atoms with E-state index in [1.54, 1.807) is 0 Å². The van der Waals surface area contributed by atoms with E-state index in [0.29, 0.717) is 18.3 Å². The van der Waals surface area contributed by atoms with E-state index in [2.05, 4.69) is 0 Å². The molecule has 0 aromatic heterocycles. The molecule has 1 fully saturated rings. The molecule has 0 radical (unpaired) electrons. The maximum absolute atomic E-state index is 10.7. The van der Waals surface area contributed by atoms with E-state index in [4.69, 9.17) is 4.74 Å². The van der Waals surface area contributed by atoms with Crippen LogP contribution < -0.4 is 73.6 Å². The molecule has 94 valence electrons. The minimum atomic E-state index is -4.36. The molecule has 0 bridgehead atoms. The molecule has 1 saturated carbocycles. The molecule has 0 atom stereocenters. The van der Waals surface area contributed by atoms with Gasteiger partial charge in [0, 0.05) is 0 Å². The molecule has 0 saturated heterocycles.